The molecule has 122 valence electrons. The molecule has 0 spiro atoms. The highest BCUT2D eigenvalue weighted by atomic mass is 14.4. The Morgan fingerprint density at radius 3 is 1.45 bits per heavy atom. The van der Waals surface area contributed by atoms with Gasteiger partial charge < -0.3 is 0 Å². The molecule has 0 heterocycles. The Balaban J connectivity index is 4.80. The monoisotopic (exact) mass is 282 g/mol. The van der Waals surface area contributed by atoms with Crippen LogP contribution in [0.4, 0.5) is 0 Å². The molecule has 0 saturated carbocycles. The Kier molecular flexibility index (Phi) is 9.85. The molecule has 0 heteroatoms. The molecule has 0 fully saturated rings. The summed E-state index contributed by atoms with van der Waals surface area (Å²) in [5, 5.41) is 0. The Hall–Kier alpha value is 0. The first-order valence-electron chi connectivity index (χ1n) is 9.29. The Morgan fingerprint density at radius 2 is 1.10 bits per heavy atom. The summed E-state index contributed by atoms with van der Waals surface area (Å²) in [6, 6.07) is 0. The second-order valence-electron chi connectivity index (χ2n) is 7.83. The normalized spacial score (nSPS) is 21.3. The van der Waals surface area contributed by atoms with Crippen molar-refractivity contribution >= 4 is 0 Å². The molecule has 20 heavy (non-hydrogen) atoms. The maximum absolute atomic E-state index is 2.49. The molecular weight excluding hydrogens is 240 g/mol. The summed E-state index contributed by atoms with van der Waals surface area (Å²) in [5.41, 5.74) is 0. The van der Waals surface area contributed by atoms with E-state index >= 15 is 0 Å². The first kappa shape index (κ1) is 20.0. The zero-order valence-corrected chi connectivity index (χ0v) is 15.9. The molecule has 0 rings (SSSR count). The van der Waals surface area contributed by atoms with Gasteiger partial charge in [0.05, 0.1) is 0 Å². The lowest BCUT2D eigenvalue weighted by atomic mass is 9.68. The van der Waals surface area contributed by atoms with E-state index in [1.54, 1.807) is 0 Å². The molecule has 0 aliphatic carbocycles. The van der Waals surface area contributed by atoms with E-state index in [1.807, 2.05) is 0 Å². The zero-order valence-electron chi connectivity index (χ0n) is 15.9. The largest absolute Gasteiger partial charge is 0.0651 e. The molecule has 0 aliphatic heterocycles. The van der Waals surface area contributed by atoms with Gasteiger partial charge in [0.25, 0.3) is 0 Å². The summed E-state index contributed by atoms with van der Waals surface area (Å²) in [5.74, 6) is 6.08. The van der Waals surface area contributed by atoms with E-state index in [1.165, 1.54) is 25.7 Å². The third kappa shape index (κ3) is 5.78. The minimum Gasteiger partial charge on any atom is -0.0651 e. The minimum absolute atomic E-state index is 0.820. The molecule has 0 aromatic heterocycles. The van der Waals surface area contributed by atoms with Crippen LogP contribution in [0.25, 0.3) is 0 Å². The fraction of sp³-hybridized carbons (Fsp3) is 1.00. The molecule has 0 aromatic rings. The van der Waals surface area contributed by atoms with Crippen molar-refractivity contribution in [1.82, 2.24) is 0 Å². The van der Waals surface area contributed by atoms with E-state index in [0.29, 0.717) is 0 Å². The molecule has 0 bridgehead atoms. The van der Waals surface area contributed by atoms with E-state index in [2.05, 4.69) is 62.3 Å². The highest BCUT2D eigenvalue weighted by Crippen LogP contribution is 2.38. The van der Waals surface area contributed by atoms with Crippen LogP contribution < -0.4 is 0 Å². The summed E-state index contributed by atoms with van der Waals surface area (Å²) in [6.45, 7) is 21.8. The predicted molar refractivity (Wildman–Crippen MR) is 94.0 cm³/mol. The van der Waals surface area contributed by atoms with Crippen LogP contribution in [-0.4, -0.2) is 0 Å². The summed E-state index contributed by atoms with van der Waals surface area (Å²) in [7, 11) is 0. The van der Waals surface area contributed by atoms with Crippen molar-refractivity contribution < 1.29 is 0 Å². The standard InChI is InChI=1S/C20H42/c1-10-15(6)18(9)17(8)13-19(12-3)20(14(4)5)16(7)11-2/h14-20H,10-13H2,1-9H3. The Morgan fingerprint density at radius 1 is 0.600 bits per heavy atom. The summed E-state index contributed by atoms with van der Waals surface area (Å²) >= 11 is 0. The van der Waals surface area contributed by atoms with Crippen LogP contribution in [-0.2, 0) is 0 Å². The van der Waals surface area contributed by atoms with Crippen LogP contribution in [0, 0.1) is 41.4 Å². The Labute approximate surface area is 130 Å². The lowest BCUT2D eigenvalue weighted by molar-refractivity contribution is 0.122. The molecule has 0 nitrogen and oxygen atoms in total. The molecule has 0 amide bonds. The average molecular weight is 283 g/mol. The highest BCUT2D eigenvalue weighted by molar-refractivity contribution is 4.80. The predicted octanol–water partition coefficient (Wildman–Crippen LogP) is 7.04. The molecule has 0 radical (unpaired) electrons. The first-order chi connectivity index (χ1) is 9.29. The first-order valence-corrected chi connectivity index (χ1v) is 9.29. The van der Waals surface area contributed by atoms with Gasteiger partial charge in [-0.05, 0) is 47.8 Å². The number of hydrogen-bond donors (Lipinski definition) is 0. The van der Waals surface area contributed by atoms with Gasteiger partial charge in [-0.25, -0.2) is 0 Å². The van der Waals surface area contributed by atoms with Crippen LogP contribution in [0.2, 0.25) is 0 Å². The van der Waals surface area contributed by atoms with Crippen LogP contribution in [0.1, 0.15) is 88.0 Å². The van der Waals surface area contributed by atoms with E-state index in [4.69, 9.17) is 0 Å². The van der Waals surface area contributed by atoms with E-state index < -0.39 is 0 Å². The van der Waals surface area contributed by atoms with Gasteiger partial charge in [0, 0.05) is 0 Å². The number of rotatable bonds is 10. The second-order valence-corrected chi connectivity index (χ2v) is 7.83. The van der Waals surface area contributed by atoms with Crippen molar-refractivity contribution in [2.75, 3.05) is 0 Å². The van der Waals surface area contributed by atoms with Crippen molar-refractivity contribution in [1.29, 1.82) is 0 Å². The number of hydrogen-bond acceptors (Lipinski definition) is 0. The van der Waals surface area contributed by atoms with E-state index in [-0.39, 0.29) is 0 Å². The van der Waals surface area contributed by atoms with Gasteiger partial charge in [-0.1, -0.05) is 81.6 Å². The maximum atomic E-state index is 2.49. The second kappa shape index (κ2) is 9.85. The van der Waals surface area contributed by atoms with Gasteiger partial charge in [-0.2, -0.15) is 0 Å². The summed E-state index contributed by atoms with van der Waals surface area (Å²) in [6.07, 6.45) is 5.43. The van der Waals surface area contributed by atoms with E-state index in [9.17, 15) is 0 Å². The third-order valence-corrected chi connectivity index (χ3v) is 6.25. The molecule has 0 aromatic carbocycles. The minimum atomic E-state index is 0.820. The maximum Gasteiger partial charge on any atom is -0.0337 e. The van der Waals surface area contributed by atoms with E-state index in [0.717, 1.165) is 41.4 Å². The lowest BCUT2D eigenvalue weighted by Gasteiger charge is -2.37. The van der Waals surface area contributed by atoms with Gasteiger partial charge in [0.1, 0.15) is 0 Å². The molecule has 6 atom stereocenters. The topological polar surface area (TPSA) is 0 Å². The van der Waals surface area contributed by atoms with Gasteiger partial charge >= 0.3 is 0 Å². The quantitative estimate of drug-likeness (QED) is 0.403. The van der Waals surface area contributed by atoms with Crippen LogP contribution in [0.15, 0.2) is 0 Å². The smallest absolute Gasteiger partial charge is 0.0337 e. The molecule has 6 unspecified atom stereocenters. The molecule has 0 saturated heterocycles. The molecule has 0 aliphatic rings. The summed E-state index contributed by atoms with van der Waals surface area (Å²) in [4.78, 5) is 0. The third-order valence-electron chi connectivity index (χ3n) is 6.25. The fourth-order valence-corrected chi connectivity index (χ4v) is 4.16. The van der Waals surface area contributed by atoms with Crippen molar-refractivity contribution in [3.8, 4) is 0 Å². The highest BCUT2D eigenvalue weighted by Gasteiger charge is 2.30. The molecule has 0 N–H and O–H groups in total. The SMILES string of the molecule is CCC(C)C(C)C(C)CC(CC)C(C(C)C)C(C)CC. The average Bonchev–Trinajstić information content (AvgIpc) is 2.43. The van der Waals surface area contributed by atoms with Crippen LogP contribution in [0.3, 0.4) is 0 Å². The van der Waals surface area contributed by atoms with Gasteiger partial charge in [-0.3, -0.25) is 0 Å². The zero-order chi connectivity index (χ0) is 15.9. The van der Waals surface area contributed by atoms with Gasteiger partial charge in [-0.15, -0.1) is 0 Å². The van der Waals surface area contributed by atoms with Crippen molar-refractivity contribution in [2.45, 2.75) is 88.0 Å². The van der Waals surface area contributed by atoms with Crippen molar-refractivity contribution in [2.24, 2.45) is 41.4 Å². The van der Waals surface area contributed by atoms with Gasteiger partial charge in [0.2, 0.25) is 0 Å². The fourth-order valence-electron chi connectivity index (χ4n) is 4.16. The Bertz CT molecular complexity index is 230. The van der Waals surface area contributed by atoms with Crippen molar-refractivity contribution in [3.05, 3.63) is 0 Å². The van der Waals surface area contributed by atoms with Gasteiger partial charge in [0.15, 0.2) is 0 Å². The van der Waals surface area contributed by atoms with Crippen LogP contribution >= 0.6 is 0 Å². The summed E-state index contributed by atoms with van der Waals surface area (Å²) < 4.78 is 0. The lowest BCUT2D eigenvalue weighted by Crippen LogP contribution is -2.29. The van der Waals surface area contributed by atoms with Crippen molar-refractivity contribution in [3.63, 3.8) is 0 Å². The molecular formula is C20H42. The van der Waals surface area contributed by atoms with Crippen LogP contribution in [0.5, 0.6) is 0 Å².